The second-order valence-corrected chi connectivity index (χ2v) is 9.23. The number of H-pyrrole nitrogens is 1. The number of nitrogens with zero attached hydrogens (tertiary/aromatic N) is 2. The standard InChI is InChI=1S/C24H23N5O5S/c1-3-16-5-4-6-21-17(14-25-24(16)21)15-26-27-22-12-9-19(29(30)31)13-23(22)35(32,33)28-18-7-10-20(34-2)11-8-18/h4-15,25,27-28H,3H2,1-2H3/b26-15+. The lowest BCUT2D eigenvalue weighted by molar-refractivity contribution is -0.385. The molecule has 4 aromatic rings. The van der Waals surface area contributed by atoms with E-state index >= 15 is 0 Å². The zero-order valence-electron chi connectivity index (χ0n) is 19.0. The maximum atomic E-state index is 13.1. The smallest absolute Gasteiger partial charge is 0.270 e. The van der Waals surface area contributed by atoms with Gasteiger partial charge in [0, 0.05) is 40.5 Å². The van der Waals surface area contributed by atoms with Gasteiger partial charge in [-0.05, 0) is 42.3 Å². The molecule has 11 heteroatoms. The molecule has 0 unspecified atom stereocenters. The minimum Gasteiger partial charge on any atom is -0.497 e. The van der Waals surface area contributed by atoms with Crippen molar-refractivity contribution in [1.82, 2.24) is 4.98 Å². The van der Waals surface area contributed by atoms with Crippen LogP contribution in [0.25, 0.3) is 10.9 Å². The molecule has 0 spiro atoms. The minimum atomic E-state index is -4.19. The summed E-state index contributed by atoms with van der Waals surface area (Å²) in [5.74, 6) is 0.559. The number of aromatic amines is 1. The van der Waals surface area contributed by atoms with Crippen LogP contribution in [0.5, 0.6) is 5.75 Å². The Hall–Kier alpha value is -4.38. The third-order valence-electron chi connectivity index (χ3n) is 5.41. The molecular formula is C24H23N5O5S. The number of hydrogen-bond acceptors (Lipinski definition) is 7. The molecule has 4 rings (SSSR count). The number of anilines is 2. The number of non-ortho nitro benzene ring substituents is 1. The van der Waals surface area contributed by atoms with Crippen LogP contribution in [-0.2, 0) is 16.4 Å². The Morgan fingerprint density at radius 2 is 1.91 bits per heavy atom. The number of rotatable bonds is 9. The molecule has 0 aliphatic heterocycles. The third kappa shape index (κ3) is 5.09. The van der Waals surface area contributed by atoms with Crippen LogP contribution in [0.3, 0.4) is 0 Å². The van der Waals surface area contributed by atoms with Crippen molar-refractivity contribution in [2.45, 2.75) is 18.2 Å². The van der Waals surface area contributed by atoms with E-state index in [1.54, 1.807) is 18.3 Å². The molecule has 0 saturated carbocycles. The number of hydrogen-bond donors (Lipinski definition) is 3. The lowest BCUT2D eigenvalue weighted by Gasteiger charge is -2.12. The average molecular weight is 494 g/mol. The second-order valence-electron chi connectivity index (χ2n) is 7.58. The number of benzene rings is 3. The van der Waals surface area contributed by atoms with E-state index in [1.165, 1.54) is 36.9 Å². The molecule has 3 aromatic carbocycles. The topological polar surface area (TPSA) is 139 Å². The summed E-state index contributed by atoms with van der Waals surface area (Å²) in [5, 5.41) is 16.5. The van der Waals surface area contributed by atoms with Crippen molar-refractivity contribution in [2.24, 2.45) is 5.10 Å². The molecule has 0 amide bonds. The lowest BCUT2D eigenvalue weighted by Crippen LogP contribution is -2.15. The molecule has 0 radical (unpaired) electrons. The van der Waals surface area contributed by atoms with Crippen molar-refractivity contribution in [3.8, 4) is 5.75 Å². The number of sulfonamides is 1. The number of hydrazone groups is 1. The Kier molecular flexibility index (Phi) is 6.69. The van der Waals surface area contributed by atoms with Crippen LogP contribution in [0, 0.1) is 10.1 Å². The summed E-state index contributed by atoms with van der Waals surface area (Å²) in [6.07, 6.45) is 4.25. The van der Waals surface area contributed by atoms with Gasteiger partial charge < -0.3 is 9.72 Å². The highest BCUT2D eigenvalue weighted by atomic mass is 32.2. The Morgan fingerprint density at radius 1 is 1.14 bits per heavy atom. The monoisotopic (exact) mass is 493 g/mol. The molecule has 0 bridgehead atoms. The molecular weight excluding hydrogens is 470 g/mol. The predicted octanol–water partition coefficient (Wildman–Crippen LogP) is 4.89. The van der Waals surface area contributed by atoms with Gasteiger partial charge in [-0.2, -0.15) is 5.10 Å². The van der Waals surface area contributed by atoms with E-state index in [9.17, 15) is 18.5 Å². The molecule has 0 aliphatic carbocycles. The van der Waals surface area contributed by atoms with Gasteiger partial charge in [0.2, 0.25) is 0 Å². The molecule has 180 valence electrons. The average Bonchev–Trinajstić information content (AvgIpc) is 3.27. The van der Waals surface area contributed by atoms with Crippen LogP contribution >= 0.6 is 0 Å². The highest BCUT2D eigenvalue weighted by Crippen LogP contribution is 2.29. The van der Waals surface area contributed by atoms with E-state index < -0.39 is 14.9 Å². The van der Waals surface area contributed by atoms with Crippen LogP contribution in [-0.4, -0.2) is 31.6 Å². The molecule has 0 saturated heterocycles. The van der Waals surface area contributed by atoms with E-state index in [4.69, 9.17) is 4.74 Å². The summed E-state index contributed by atoms with van der Waals surface area (Å²) < 4.78 is 33.8. The van der Waals surface area contributed by atoms with Gasteiger partial charge in [0.15, 0.2) is 0 Å². The van der Waals surface area contributed by atoms with Crippen LogP contribution in [0.4, 0.5) is 17.1 Å². The van der Waals surface area contributed by atoms with Crippen LogP contribution in [0.15, 0.2) is 76.9 Å². The largest absolute Gasteiger partial charge is 0.497 e. The second kappa shape index (κ2) is 9.85. The van der Waals surface area contributed by atoms with E-state index in [0.717, 1.165) is 29.0 Å². The first kappa shape index (κ1) is 23.8. The van der Waals surface area contributed by atoms with Gasteiger partial charge >= 0.3 is 0 Å². The first-order chi connectivity index (χ1) is 16.8. The maximum absolute atomic E-state index is 13.1. The van der Waals surface area contributed by atoms with Crippen LogP contribution < -0.4 is 14.9 Å². The Labute approximate surface area is 201 Å². The summed E-state index contributed by atoms with van der Waals surface area (Å²) in [6.45, 7) is 2.07. The Bertz CT molecular complexity index is 1510. The molecule has 35 heavy (non-hydrogen) atoms. The van der Waals surface area contributed by atoms with Gasteiger partial charge in [0.1, 0.15) is 10.6 Å². The van der Waals surface area contributed by atoms with E-state index in [-0.39, 0.29) is 22.0 Å². The van der Waals surface area contributed by atoms with Crippen LogP contribution in [0.1, 0.15) is 18.1 Å². The van der Waals surface area contributed by atoms with Crippen molar-refractivity contribution < 1.29 is 18.1 Å². The molecule has 1 aromatic heterocycles. The van der Waals surface area contributed by atoms with Gasteiger partial charge in [-0.3, -0.25) is 20.3 Å². The van der Waals surface area contributed by atoms with Gasteiger partial charge in [-0.15, -0.1) is 0 Å². The van der Waals surface area contributed by atoms with Gasteiger partial charge in [-0.25, -0.2) is 8.42 Å². The first-order valence-electron chi connectivity index (χ1n) is 10.7. The van der Waals surface area contributed by atoms with Crippen molar-refractivity contribution in [2.75, 3.05) is 17.3 Å². The summed E-state index contributed by atoms with van der Waals surface area (Å²) in [4.78, 5) is 13.6. The number of methoxy groups -OCH3 is 1. The highest BCUT2D eigenvalue weighted by Gasteiger charge is 2.23. The number of aryl methyl sites for hydroxylation is 1. The van der Waals surface area contributed by atoms with Gasteiger partial charge in [0.05, 0.1) is 23.9 Å². The normalized spacial score (nSPS) is 11.6. The molecule has 0 atom stereocenters. The fourth-order valence-corrected chi connectivity index (χ4v) is 4.86. The van der Waals surface area contributed by atoms with Gasteiger partial charge in [-0.1, -0.05) is 25.1 Å². The maximum Gasteiger partial charge on any atom is 0.270 e. The lowest BCUT2D eigenvalue weighted by atomic mass is 10.1. The summed E-state index contributed by atoms with van der Waals surface area (Å²) in [5.41, 5.74) is 5.71. The van der Waals surface area contributed by atoms with E-state index in [1.807, 2.05) is 24.4 Å². The van der Waals surface area contributed by atoms with Gasteiger partial charge in [0.25, 0.3) is 15.7 Å². The number of para-hydroxylation sites is 1. The van der Waals surface area contributed by atoms with Crippen molar-refractivity contribution in [3.05, 3.63) is 88.1 Å². The van der Waals surface area contributed by atoms with E-state index in [0.29, 0.717) is 5.75 Å². The number of nitrogens with one attached hydrogen (secondary N) is 3. The van der Waals surface area contributed by atoms with E-state index in [2.05, 4.69) is 27.2 Å². The summed E-state index contributed by atoms with van der Waals surface area (Å²) in [7, 11) is -2.69. The summed E-state index contributed by atoms with van der Waals surface area (Å²) >= 11 is 0. The molecule has 3 N–H and O–H groups in total. The third-order valence-corrected chi connectivity index (χ3v) is 6.83. The highest BCUT2D eigenvalue weighted by molar-refractivity contribution is 7.92. The SMILES string of the molecule is CCc1cccc2c(/C=N/Nc3ccc([N+](=O)[O-])cc3S(=O)(=O)Nc3ccc(OC)cc3)c[nH]c12. The zero-order valence-corrected chi connectivity index (χ0v) is 19.8. The van der Waals surface area contributed by atoms with Crippen molar-refractivity contribution in [1.29, 1.82) is 0 Å². The number of ether oxygens (including phenoxy) is 1. The number of nitro benzene ring substituents is 1. The molecule has 1 heterocycles. The predicted molar refractivity (Wildman–Crippen MR) is 136 cm³/mol. The Morgan fingerprint density at radius 3 is 2.60 bits per heavy atom. The fraction of sp³-hybridized carbons (Fsp3) is 0.125. The number of aromatic nitrogens is 1. The molecule has 0 aliphatic rings. The zero-order chi connectivity index (χ0) is 25.0. The number of fused-ring (bicyclic) bond motifs is 1. The molecule has 10 nitrogen and oxygen atoms in total. The van der Waals surface area contributed by atoms with Crippen molar-refractivity contribution in [3.63, 3.8) is 0 Å². The summed E-state index contributed by atoms with van der Waals surface area (Å²) in [6, 6.07) is 15.7. The van der Waals surface area contributed by atoms with Crippen molar-refractivity contribution >= 4 is 44.2 Å². The quantitative estimate of drug-likeness (QED) is 0.172. The first-order valence-corrected chi connectivity index (χ1v) is 12.1. The number of nitro groups is 1. The van der Waals surface area contributed by atoms with Crippen LogP contribution in [0.2, 0.25) is 0 Å². The molecule has 0 fully saturated rings. The Balaban J connectivity index is 1.64. The minimum absolute atomic E-state index is 0.0851. The fourth-order valence-electron chi connectivity index (χ4n) is 3.62.